The number of rotatable bonds is 4. The molecule has 0 bridgehead atoms. The summed E-state index contributed by atoms with van der Waals surface area (Å²) in [6.07, 6.45) is 1.67. The summed E-state index contributed by atoms with van der Waals surface area (Å²) in [6, 6.07) is 12.4. The van der Waals surface area contributed by atoms with Gasteiger partial charge in [0.05, 0.1) is 16.0 Å². The van der Waals surface area contributed by atoms with Gasteiger partial charge < -0.3 is 4.74 Å². The van der Waals surface area contributed by atoms with E-state index in [1.165, 1.54) is 11.3 Å². The van der Waals surface area contributed by atoms with Crippen LogP contribution in [0.1, 0.15) is 24.9 Å². The number of Topliss-reactive ketones (excluding diaryl/α,β-unsaturated/α-hetero) is 1. The van der Waals surface area contributed by atoms with Crippen molar-refractivity contribution >= 4 is 34.0 Å². The van der Waals surface area contributed by atoms with Gasteiger partial charge in [0.25, 0.3) is 0 Å². The monoisotopic (exact) mass is 311 g/mol. The normalized spacial score (nSPS) is 10.6. The fourth-order valence-electron chi connectivity index (χ4n) is 2.15. The number of hydrogen-bond acceptors (Lipinski definition) is 5. The molecule has 4 nitrogen and oxygen atoms in total. The molecule has 3 rings (SSSR count). The summed E-state index contributed by atoms with van der Waals surface area (Å²) < 4.78 is 5.15. The zero-order valence-electron chi connectivity index (χ0n) is 11.9. The van der Waals surface area contributed by atoms with E-state index in [-0.39, 0.29) is 12.4 Å². The quantitative estimate of drug-likeness (QED) is 0.545. The Hall–Kier alpha value is -2.53. The number of carbonyl (C=O) groups excluding carboxylic acids is 2. The van der Waals surface area contributed by atoms with Gasteiger partial charge in [-0.1, -0.05) is 12.1 Å². The lowest BCUT2D eigenvalue weighted by Gasteiger charge is -2.06. The minimum absolute atomic E-state index is 0.190. The number of fused-ring (bicyclic) bond motifs is 1. The molecule has 0 saturated carbocycles. The summed E-state index contributed by atoms with van der Waals surface area (Å²) in [6.45, 7) is 1.67. The van der Waals surface area contributed by atoms with Crippen molar-refractivity contribution in [3.05, 3.63) is 64.0 Å². The van der Waals surface area contributed by atoms with Crippen LogP contribution in [-0.4, -0.2) is 23.3 Å². The molecule has 1 aromatic carbocycles. The third-order valence-electron chi connectivity index (χ3n) is 3.22. The molecule has 0 amide bonds. The van der Waals surface area contributed by atoms with Crippen LogP contribution < -0.4 is 0 Å². The second-order valence-electron chi connectivity index (χ2n) is 4.79. The van der Waals surface area contributed by atoms with Crippen LogP contribution in [0.3, 0.4) is 0 Å². The van der Waals surface area contributed by atoms with Crippen LogP contribution in [-0.2, 0) is 4.74 Å². The van der Waals surface area contributed by atoms with Crippen molar-refractivity contribution in [1.29, 1.82) is 0 Å². The Morgan fingerprint density at radius 2 is 2.00 bits per heavy atom. The summed E-state index contributed by atoms with van der Waals surface area (Å²) in [5, 5.41) is 0.717. The van der Waals surface area contributed by atoms with E-state index in [4.69, 9.17) is 4.74 Å². The van der Waals surface area contributed by atoms with Crippen LogP contribution >= 0.6 is 11.3 Å². The van der Waals surface area contributed by atoms with Crippen LogP contribution in [0.2, 0.25) is 0 Å². The van der Waals surface area contributed by atoms with E-state index in [9.17, 15) is 9.59 Å². The highest BCUT2D eigenvalue weighted by Gasteiger charge is 2.15. The van der Waals surface area contributed by atoms with Gasteiger partial charge in [-0.15, -0.1) is 11.3 Å². The zero-order chi connectivity index (χ0) is 15.5. The van der Waals surface area contributed by atoms with Gasteiger partial charge in [-0.25, -0.2) is 4.79 Å². The molecule has 0 aliphatic rings. The van der Waals surface area contributed by atoms with E-state index in [0.29, 0.717) is 10.4 Å². The summed E-state index contributed by atoms with van der Waals surface area (Å²) >= 11 is 1.40. The molecule has 110 valence electrons. The predicted octanol–water partition coefficient (Wildman–Crippen LogP) is 3.64. The number of ketones is 1. The van der Waals surface area contributed by atoms with Crippen LogP contribution in [0, 0.1) is 6.92 Å². The van der Waals surface area contributed by atoms with Gasteiger partial charge in [0.2, 0.25) is 5.78 Å². The predicted molar refractivity (Wildman–Crippen MR) is 85.4 cm³/mol. The Kier molecular flexibility index (Phi) is 3.98. The molecule has 0 radical (unpaired) electrons. The standard InChI is InChI=1S/C17H13NO3S/c1-11-7-8-16(22-11)15(19)10-21-17(20)13-4-2-6-14-12(13)5-3-9-18-14/h2-9H,10H2,1H3. The highest BCUT2D eigenvalue weighted by Crippen LogP contribution is 2.18. The molecule has 0 aliphatic heterocycles. The molecule has 2 aromatic heterocycles. The lowest BCUT2D eigenvalue weighted by molar-refractivity contribution is 0.0478. The lowest BCUT2D eigenvalue weighted by Crippen LogP contribution is -2.13. The van der Waals surface area contributed by atoms with Gasteiger partial charge in [-0.2, -0.15) is 0 Å². The van der Waals surface area contributed by atoms with Crippen LogP contribution in [0.15, 0.2) is 48.7 Å². The molecule has 0 fully saturated rings. The maximum absolute atomic E-state index is 12.2. The Labute approximate surface area is 131 Å². The smallest absolute Gasteiger partial charge is 0.339 e. The first-order chi connectivity index (χ1) is 10.6. The molecule has 0 atom stereocenters. The molecule has 0 N–H and O–H groups in total. The minimum atomic E-state index is -0.514. The van der Waals surface area contributed by atoms with E-state index in [1.807, 2.05) is 25.1 Å². The number of esters is 1. The first-order valence-corrected chi connectivity index (χ1v) is 7.57. The van der Waals surface area contributed by atoms with Gasteiger partial charge in [-0.3, -0.25) is 9.78 Å². The van der Waals surface area contributed by atoms with E-state index in [0.717, 1.165) is 15.8 Å². The van der Waals surface area contributed by atoms with Crippen molar-refractivity contribution < 1.29 is 14.3 Å². The first kappa shape index (κ1) is 14.4. The van der Waals surface area contributed by atoms with Gasteiger partial charge in [0.1, 0.15) is 0 Å². The largest absolute Gasteiger partial charge is 0.454 e. The van der Waals surface area contributed by atoms with Gasteiger partial charge in [0.15, 0.2) is 6.61 Å². The second kappa shape index (κ2) is 6.07. The number of pyridine rings is 1. The molecule has 0 unspecified atom stereocenters. The number of thiophene rings is 1. The number of carbonyl (C=O) groups is 2. The fourth-order valence-corrected chi connectivity index (χ4v) is 2.94. The minimum Gasteiger partial charge on any atom is -0.454 e. The number of hydrogen-bond donors (Lipinski definition) is 0. The van der Waals surface area contributed by atoms with E-state index >= 15 is 0 Å². The van der Waals surface area contributed by atoms with Crippen LogP contribution in [0.25, 0.3) is 10.9 Å². The number of nitrogens with zero attached hydrogens (tertiary/aromatic N) is 1. The van der Waals surface area contributed by atoms with Crippen molar-refractivity contribution in [2.45, 2.75) is 6.92 Å². The van der Waals surface area contributed by atoms with Crippen molar-refractivity contribution in [1.82, 2.24) is 4.98 Å². The fraction of sp³-hybridized carbons (Fsp3) is 0.118. The Bertz CT molecular complexity index is 848. The topological polar surface area (TPSA) is 56.3 Å². The number of aryl methyl sites for hydroxylation is 1. The summed E-state index contributed by atoms with van der Waals surface area (Å²) in [5.41, 5.74) is 1.14. The molecule has 0 saturated heterocycles. The SMILES string of the molecule is Cc1ccc(C(=O)COC(=O)c2cccc3ncccc23)s1. The first-order valence-electron chi connectivity index (χ1n) is 6.75. The molecule has 2 heterocycles. The van der Waals surface area contributed by atoms with Crippen LogP contribution in [0.4, 0.5) is 0 Å². The summed E-state index contributed by atoms with van der Waals surface area (Å²) in [5.74, 6) is -0.704. The molecule has 22 heavy (non-hydrogen) atoms. The third kappa shape index (κ3) is 2.89. The number of benzene rings is 1. The molecule has 0 spiro atoms. The van der Waals surface area contributed by atoms with E-state index in [2.05, 4.69) is 4.98 Å². The van der Waals surface area contributed by atoms with E-state index in [1.54, 1.807) is 30.5 Å². The Morgan fingerprint density at radius 1 is 1.14 bits per heavy atom. The van der Waals surface area contributed by atoms with Crippen LogP contribution in [0.5, 0.6) is 0 Å². The number of ether oxygens (including phenoxy) is 1. The van der Waals surface area contributed by atoms with Crippen molar-refractivity contribution in [2.24, 2.45) is 0 Å². The highest BCUT2D eigenvalue weighted by atomic mass is 32.1. The van der Waals surface area contributed by atoms with Crippen molar-refractivity contribution in [2.75, 3.05) is 6.61 Å². The van der Waals surface area contributed by atoms with Gasteiger partial charge in [-0.05, 0) is 37.3 Å². The van der Waals surface area contributed by atoms with Gasteiger partial charge >= 0.3 is 5.97 Å². The lowest BCUT2D eigenvalue weighted by atomic mass is 10.1. The summed E-state index contributed by atoms with van der Waals surface area (Å²) in [4.78, 5) is 30.0. The highest BCUT2D eigenvalue weighted by molar-refractivity contribution is 7.14. The average Bonchev–Trinajstić information content (AvgIpc) is 2.98. The number of aromatic nitrogens is 1. The Balaban J connectivity index is 1.75. The third-order valence-corrected chi connectivity index (χ3v) is 4.26. The summed E-state index contributed by atoms with van der Waals surface area (Å²) in [7, 11) is 0. The maximum Gasteiger partial charge on any atom is 0.339 e. The van der Waals surface area contributed by atoms with Gasteiger partial charge in [0, 0.05) is 16.5 Å². The van der Waals surface area contributed by atoms with Crippen molar-refractivity contribution in [3.63, 3.8) is 0 Å². The molecule has 5 heteroatoms. The average molecular weight is 311 g/mol. The van der Waals surface area contributed by atoms with E-state index < -0.39 is 5.97 Å². The Morgan fingerprint density at radius 3 is 2.77 bits per heavy atom. The second-order valence-corrected chi connectivity index (χ2v) is 6.07. The maximum atomic E-state index is 12.2. The molecular formula is C17H13NO3S. The molecular weight excluding hydrogens is 298 g/mol. The molecule has 0 aliphatic carbocycles. The zero-order valence-corrected chi connectivity index (χ0v) is 12.7. The van der Waals surface area contributed by atoms with Crippen molar-refractivity contribution in [3.8, 4) is 0 Å². The molecule has 3 aromatic rings.